The number of sulfonamides is 1. The van der Waals surface area contributed by atoms with Gasteiger partial charge in [-0.15, -0.1) is 0 Å². The van der Waals surface area contributed by atoms with Crippen molar-refractivity contribution in [1.29, 1.82) is 0 Å². The Morgan fingerprint density at radius 1 is 1.03 bits per heavy atom. The number of rotatable bonds is 15. The van der Waals surface area contributed by atoms with E-state index in [-0.39, 0.29) is 31.3 Å². The maximum absolute atomic E-state index is 13.4. The molecular weight excluding hydrogens is 494 g/mol. The van der Waals surface area contributed by atoms with Crippen molar-refractivity contribution in [3.63, 3.8) is 0 Å². The van der Waals surface area contributed by atoms with Crippen molar-refractivity contribution in [2.75, 3.05) is 37.4 Å². The number of hydrogen-bond donors (Lipinski definition) is 1. The van der Waals surface area contributed by atoms with Gasteiger partial charge in [0.25, 0.3) is 0 Å². The normalized spacial score (nSPS) is 11.9. The molecule has 0 heterocycles. The lowest BCUT2D eigenvalue weighted by atomic mass is 10.1. The average Bonchev–Trinajstić information content (AvgIpc) is 2.87. The Balaban J connectivity index is 2.20. The number of amides is 2. The summed E-state index contributed by atoms with van der Waals surface area (Å²) in [5.74, 6) is 0.878. The zero-order valence-electron chi connectivity index (χ0n) is 22.4. The highest BCUT2D eigenvalue weighted by Gasteiger charge is 2.28. The monoisotopic (exact) mass is 533 g/mol. The van der Waals surface area contributed by atoms with Crippen LogP contribution in [-0.4, -0.2) is 64.2 Å². The van der Waals surface area contributed by atoms with Crippen LogP contribution in [0.5, 0.6) is 11.5 Å². The van der Waals surface area contributed by atoms with Crippen LogP contribution in [0.4, 0.5) is 5.69 Å². The zero-order valence-corrected chi connectivity index (χ0v) is 23.2. The molecular formula is C27H39N3O6S. The molecule has 9 nitrogen and oxygen atoms in total. The third-order valence-corrected chi connectivity index (χ3v) is 7.01. The summed E-state index contributed by atoms with van der Waals surface area (Å²) >= 11 is 0. The maximum Gasteiger partial charge on any atom is 0.242 e. The highest BCUT2D eigenvalue weighted by atomic mass is 32.2. The topological polar surface area (TPSA) is 105 Å². The second-order valence-corrected chi connectivity index (χ2v) is 10.5. The van der Waals surface area contributed by atoms with Gasteiger partial charge in [0.05, 0.1) is 25.7 Å². The maximum atomic E-state index is 13.4. The molecule has 1 N–H and O–H groups in total. The molecule has 204 valence electrons. The van der Waals surface area contributed by atoms with Gasteiger partial charge in [0.2, 0.25) is 21.8 Å². The molecule has 2 aromatic carbocycles. The van der Waals surface area contributed by atoms with Crippen LogP contribution in [0, 0.1) is 0 Å². The predicted molar refractivity (Wildman–Crippen MR) is 145 cm³/mol. The van der Waals surface area contributed by atoms with E-state index in [0.29, 0.717) is 43.2 Å². The standard InChI is InChI=1S/C27H39N3O6S/c1-6-25(27(32)28-7-2)29(20-21-11-9-12-24(19-21)35-4)26(31)13-10-18-30(37(5,33)34)22-14-16-23(17-15-22)36-8-3/h9,11-12,14-17,19,25H,6-8,10,13,18,20H2,1-5H3,(H,28,32)/t25-/m1/s1. The number of carbonyl (C=O) groups excluding carboxylic acids is 2. The Morgan fingerprint density at radius 3 is 2.30 bits per heavy atom. The average molecular weight is 534 g/mol. The number of methoxy groups -OCH3 is 1. The number of hydrogen-bond acceptors (Lipinski definition) is 6. The van der Waals surface area contributed by atoms with Crippen molar-refractivity contribution in [1.82, 2.24) is 10.2 Å². The summed E-state index contributed by atoms with van der Waals surface area (Å²) in [6.45, 7) is 6.91. The minimum atomic E-state index is -3.57. The largest absolute Gasteiger partial charge is 0.497 e. The van der Waals surface area contributed by atoms with E-state index in [4.69, 9.17) is 9.47 Å². The quantitative estimate of drug-likeness (QED) is 0.375. The lowest BCUT2D eigenvalue weighted by molar-refractivity contribution is -0.141. The molecule has 0 saturated heterocycles. The molecule has 0 aliphatic heterocycles. The Hall–Kier alpha value is -3.27. The first-order chi connectivity index (χ1) is 17.6. The molecule has 0 aliphatic carbocycles. The molecule has 0 bridgehead atoms. The van der Waals surface area contributed by atoms with Gasteiger partial charge in [0, 0.05) is 26.1 Å². The fraction of sp³-hybridized carbons (Fsp3) is 0.481. The first kappa shape index (κ1) is 30.0. The lowest BCUT2D eigenvalue weighted by Gasteiger charge is -2.31. The Morgan fingerprint density at radius 2 is 1.73 bits per heavy atom. The van der Waals surface area contributed by atoms with E-state index in [9.17, 15) is 18.0 Å². The number of likely N-dealkylation sites (N-methyl/N-ethyl adjacent to an activating group) is 1. The van der Waals surface area contributed by atoms with Crippen LogP contribution in [0.15, 0.2) is 48.5 Å². The van der Waals surface area contributed by atoms with Crippen LogP contribution in [0.3, 0.4) is 0 Å². The fourth-order valence-electron chi connectivity index (χ4n) is 4.06. The second kappa shape index (κ2) is 14.5. The van der Waals surface area contributed by atoms with Gasteiger partial charge in [-0.25, -0.2) is 8.42 Å². The van der Waals surface area contributed by atoms with E-state index < -0.39 is 16.1 Å². The number of carbonyl (C=O) groups is 2. The van der Waals surface area contributed by atoms with Gasteiger partial charge in [0.1, 0.15) is 17.5 Å². The van der Waals surface area contributed by atoms with Crippen molar-refractivity contribution in [3.8, 4) is 11.5 Å². The molecule has 0 aliphatic rings. The molecule has 10 heteroatoms. The minimum Gasteiger partial charge on any atom is -0.497 e. The van der Waals surface area contributed by atoms with Crippen LogP contribution in [0.1, 0.15) is 45.6 Å². The van der Waals surface area contributed by atoms with Crippen molar-refractivity contribution in [2.45, 2.75) is 52.6 Å². The molecule has 2 rings (SSSR count). The van der Waals surface area contributed by atoms with Crippen LogP contribution in [0.2, 0.25) is 0 Å². The Labute approximate surface area is 220 Å². The third-order valence-electron chi connectivity index (χ3n) is 5.81. The van der Waals surface area contributed by atoms with Gasteiger partial charge >= 0.3 is 0 Å². The van der Waals surface area contributed by atoms with Crippen molar-refractivity contribution >= 4 is 27.5 Å². The summed E-state index contributed by atoms with van der Waals surface area (Å²) in [6, 6.07) is 13.5. The van der Waals surface area contributed by atoms with Gasteiger partial charge < -0.3 is 19.7 Å². The van der Waals surface area contributed by atoms with Gasteiger partial charge in [0.15, 0.2) is 0 Å². The summed E-state index contributed by atoms with van der Waals surface area (Å²) in [7, 11) is -2.00. The van der Waals surface area contributed by atoms with Crippen molar-refractivity contribution in [3.05, 3.63) is 54.1 Å². The highest BCUT2D eigenvalue weighted by molar-refractivity contribution is 7.92. The van der Waals surface area contributed by atoms with Crippen LogP contribution < -0.4 is 19.1 Å². The van der Waals surface area contributed by atoms with Crippen LogP contribution >= 0.6 is 0 Å². The SMILES string of the molecule is CCNC(=O)[C@@H](CC)N(Cc1cccc(OC)c1)C(=O)CCCN(c1ccc(OCC)cc1)S(C)(=O)=O. The lowest BCUT2D eigenvalue weighted by Crippen LogP contribution is -2.49. The Bertz CT molecular complexity index is 1120. The first-order valence-electron chi connectivity index (χ1n) is 12.5. The minimum absolute atomic E-state index is 0.0862. The van der Waals surface area contributed by atoms with Crippen molar-refractivity contribution < 1.29 is 27.5 Å². The Kier molecular flexibility index (Phi) is 11.7. The molecule has 2 aromatic rings. The van der Waals surface area contributed by atoms with E-state index >= 15 is 0 Å². The molecule has 0 unspecified atom stereocenters. The third kappa shape index (κ3) is 8.96. The second-order valence-electron chi connectivity index (χ2n) is 8.56. The van der Waals surface area contributed by atoms with E-state index in [1.54, 1.807) is 36.3 Å². The number of nitrogens with zero attached hydrogens (tertiary/aromatic N) is 2. The summed E-state index contributed by atoms with van der Waals surface area (Å²) in [5.41, 5.74) is 1.34. The van der Waals surface area contributed by atoms with Gasteiger partial charge in [-0.05, 0) is 68.7 Å². The fourth-order valence-corrected chi connectivity index (χ4v) is 5.02. The molecule has 0 spiro atoms. The van der Waals surface area contributed by atoms with Crippen molar-refractivity contribution in [2.24, 2.45) is 0 Å². The highest BCUT2D eigenvalue weighted by Crippen LogP contribution is 2.23. The molecule has 0 aromatic heterocycles. The molecule has 0 saturated carbocycles. The summed E-state index contributed by atoms with van der Waals surface area (Å²) in [4.78, 5) is 27.8. The van der Waals surface area contributed by atoms with E-state index in [2.05, 4.69) is 5.32 Å². The van der Waals surface area contributed by atoms with E-state index in [0.717, 1.165) is 11.8 Å². The number of anilines is 1. The number of nitrogens with one attached hydrogen (secondary N) is 1. The molecule has 0 radical (unpaired) electrons. The number of benzene rings is 2. The molecule has 2 amide bonds. The van der Waals surface area contributed by atoms with Gasteiger partial charge in [-0.1, -0.05) is 19.1 Å². The zero-order chi connectivity index (χ0) is 27.4. The summed E-state index contributed by atoms with van der Waals surface area (Å²) < 4.78 is 37.0. The predicted octanol–water partition coefficient (Wildman–Crippen LogP) is 3.58. The van der Waals surface area contributed by atoms with Crippen LogP contribution in [-0.2, 0) is 26.2 Å². The number of ether oxygens (including phenoxy) is 2. The van der Waals surface area contributed by atoms with E-state index in [1.807, 2.05) is 45.0 Å². The molecule has 1 atom stereocenters. The van der Waals surface area contributed by atoms with Gasteiger partial charge in [-0.3, -0.25) is 13.9 Å². The van der Waals surface area contributed by atoms with Crippen LogP contribution in [0.25, 0.3) is 0 Å². The smallest absolute Gasteiger partial charge is 0.242 e. The molecule has 0 fully saturated rings. The summed E-state index contributed by atoms with van der Waals surface area (Å²) in [6.07, 6.45) is 1.97. The van der Waals surface area contributed by atoms with Gasteiger partial charge in [-0.2, -0.15) is 0 Å². The summed E-state index contributed by atoms with van der Waals surface area (Å²) in [5, 5.41) is 2.81. The molecule has 37 heavy (non-hydrogen) atoms. The van der Waals surface area contributed by atoms with E-state index in [1.165, 1.54) is 4.31 Å². The first-order valence-corrected chi connectivity index (χ1v) is 14.4.